The highest BCUT2D eigenvalue weighted by Crippen LogP contribution is 1.97. The van der Waals surface area contributed by atoms with E-state index >= 15 is 0 Å². The van der Waals surface area contributed by atoms with Crippen LogP contribution in [-0.2, 0) is 9.59 Å². The van der Waals surface area contributed by atoms with Crippen LogP contribution in [0.1, 0.15) is 20.8 Å². The highest BCUT2D eigenvalue weighted by Gasteiger charge is 2.10. The van der Waals surface area contributed by atoms with E-state index in [1.54, 1.807) is 0 Å². The summed E-state index contributed by atoms with van der Waals surface area (Å²) in [5.74, 6) is -0.123. The predicted molar refractivity (Wildman–Crippen MR) is 46.8 cm³/mol. The summed E-state index contributed by atoms with van der Waals surface area (Å²) in [5, 5.41) is 9.60. The first-order valence-electron chi connectivity index (χ1n) is 3.39. The second-order valence-electron chi connectivity index (χ2n) is 3.05. The van der Waals surface area contributed by atoms with E-state index in [2.05, 4.69) is 11.9 Å². The zero-order valence-electron chi connectivity index (χ0n) is 7.63. The fourth-order valence-electron chi connectivity index (χ4n) is 0.421. The predicted octanol–water partition coefficient (Wildman–Crippen LogP) is 0.788. The molecule has 0 aromatic carbocycles. The third kappa shape index (κ3) is 15.9. The van der Waals surface area contributed by atoms with Gasteiger partial charge in [0.25, 0.3) is 6.47 Å². The van der Waals surface area contributed by atoms with Gasteiger partial charge >= 0.3 is 0 Å². The van der Waals surface area contributed by atoms with Crippen molar-refractivity contribution in [1.82, 2.24) is 5.32 Å². The van der Waals surface area contributed by atoms with Gasteiger partial charge in [0.2, 0.25) is 5.91 Å². The van der Waals surface area contributed by atoms with Crippen molar-refractivity contribution in [3.8, 4) is 0 Å². The van der Waals surface area contributed by atoms with E-state index in [1.165, 1.54) is 6.08 Å². The molecular formula is C8H15NO3. The molecule has 4 nitrogen and oxygen atoms in total. The average Bonchev–Trinajstić information content (AvgIpc) is 1.86. The summed E-state index contributed by atoms with van der Waals surface area (Å²) in [4.78, 5) is 19.0. The highest BCUT2D eigenvalue weighted by molar-refractivity contribution is 5.87. The molecule has 0 heterocycles. The van der Waals surface area contributed by atoms with Crippen molar-refractivity contribution in [3.05, 3.63) is 12.7 Å². The number of hydrogen-bond acceptors (Lipinski definition) is 2. The van der Waals surface area contributed by atoms with Crippen molar-refractivity contribution in [3.63, 3.8) is 0 Å². The van der Waals surface area contributed by atoms with E-state index in [9.17, 15) is 4.79 Å². The Hall–Kier alpha value is -1.32. The number of hydrogen-bond donors (Lipinski definition) is 2. The van der Waals surface area contributed by atoms with Crippen LogP contribution in [0.2, 0.25) is 0 Å². The number of carboxylic acid groups (broad SMARTS) is 1. The Bertz CT molecular complexity index is 158. The molecule has 4 heteroatoms. The average molecular weight is 173 g/mol. The van der Waals surface area contributed by atoms with E-state index in [0.29, 0.717) is 0 Å². The van der Waals surface area contributed by atoms with Gasteiger partial charge in [0.15, 0.2) is 0 Å². The van der Waals surface area contributed by atoms with Crippen LogP contribution < -0.4 is 5.32 Å². The van der Waals surface area contributed by atoms with E-state index in [1.807, 2.05) is 20.8 Å². The molecule has 12 heavy (non-hydrogen) atoms. The Morgan fingerprint density at radius 2 is 1.83 bits per heavy atom. The molecule has 0 aliphatic rings. The van der Waals surface area contributed by atoms with E-state index < -0.39 is 0 Å². The first-order chi connectivity index (χ1) is 5.37. The largest absolute Gasteiger partial charge is 0.483 e. The normalized spacial score (nSPS) is 8.92. The van der Waals surface area contributed by atoms with Gasteiger partial charge in [-0.2, -0.15) is 0 Å². The van der Waals surface area contributed by atoms with Crippen LogP contribution in [0.25, 0.3) is 0 Å². The third-order valence-corrected chi connectivity index (χ3v) is 0.684. The third-order valence-electron chi connectivity index (χ3n) is 0.684. The highest BCUT2D eigenvalue weighted by atomic mass is 16.3. The molecule has 0 aromatic heterocycles. The van der Waals surface area contributed by atoms with E-state index in [0.717, 1.165) is 0 Å². The Kier molecular flexibility index (Phi) is 7.08. The fourth-order valence-corrected chi connectivity index (χ4v) is 0.421. The molecule has 0 aromatic rings. The minimum atomic E-state index is -0.250. The topological polar surface area (TPSA) is 66.4 Å². The lowest BCUT2D eigenvalue weighted by atomic mass is 10.1. The second kappa shape index (κ2) is 6.39. The smallest absolute Gasteiger partial charge is 0.290 e. The van der Waals surface area contributed by atoms with Gasteiger partial charge in [0.05, 0.1) is 0 Å². The number of rotatable bonds is 1. The van der Waals surface area contributed by atoms with Gasteiger partial charge in [0.1, 0.15) is 0 Å². The summed E-state index contributed by atoms with van der Waals surface area (Å²) < 4.78 is 0. The molecule has 0 unspecified atom stereocenters. The Morgan fingerprint density at radius 3 is 1.92 bits per heavy atom. The molecule has 0 aliphatic heterocycles. The summed E-state index contributed by atoms with van der Waals surface area (Å²) >= 11 is 0. The Labute approximate surface area is 72.3 Å². The van der Waals surface area contributed by atoms with Crippen LogP contribution in [0.3, 0.4) is 0 Å². The Balaban J connectivity index is 0. The quantitative estimate of drug-likeness (QED) is 0.455. The zero-order valence-corrected chi connectivity index (χ0v) is 7.63. The number of amides is 1. The van der Waals surface area contributed by atoms with Crippen LogP contribution in [0, 0.1) is 0 Å². The van der Waals surface area contributed by atoms with Gasteiger partial charge in [-0.05, 0) is 26.8 Å². The SMILES string of the molecule is C=CC(=O)NC(C)(C)C.O=CO. The fraction of sp³-hybridized carbons (Fsp3) is 0.500. The van der Waals surface area contributed by atoms with Crippen molar-refractivity contribution in [2.45, 2.75) is 26.3 Å². The molecule has 0 spiro atoms. The second-order valence-corrected chi connectivity index (χ2v) is 3.05. The van der Waals surface area contributed by atoms with Crippen molar-refractivity contribution in [2.24, 2.45) is 0 Å². The maximum atomic E-state index is 10.6. The molecule has 0 saturated heterocycles. The Morgan fingerprint density at radius 1 is 1.50 bits per heavy atom. The van der Waals surface area contributed by atoms with Crippen molar-refractivity contribution in [2.75, 3.05) is 0 Å². The first-order valence-corrected chi connectivity index (χ1v) is 3.39. The van der Waals surface area contributed by atoms with Crippen molar-refractivity contribution < 1.29 is 14.7 Å². The van der Waals surface area contributed by atoms with Crippen LogP contribution in [0.4, 0.5) is 0 Å². The van der Waals surface area contributed by atoms with Crippen LogP contribution in [0.5, 0.6) is 0 Å². The zero-order chi connectivity index (χ0) is 10.2. The summed E-state index contributed by atoms with van der Waals surface area (Å²) in [6.45, 7) is 8.86. The van der Waals surface area contributed by atoms with Crippen LogP contribution in [0.15, 0.2) is 12.7 Å². The molecule has 70 valence electrons. The van der Waals surface area contributed by atoms with E-state index in [-0.39, 0.29) is 17.9 Å². The van der Waals surface area contributed by atoms with Crippen molar-refractivity contribution >= 4 is 12.4 Å². The maximum Gasteiger partial charge on any atom is 0.290 e. The molecule has 0 saturated carbocycles. The van der Waals surface area contributed by atoms with Crippen molar-refractivity contribution in [1.29, 1.82) is 0 Å². The lowest BCUT2D eigenvalue weighted by Crippen LogP contribution is -2.39. The number of carbonyl (C=O) groups is 2. The van der Waals surface area contributed by atoms with Crippen LogP contribution >= 0.6 is 0 Å². The standard InChI is InChI=1S/C7H13NO.CH2O2/c1-5-6(9)8-7(2,3)4;2-1-3/h5H,1H2,2-4H3,(H,8,9);1H,(H,2,3). The molecule has 0 aliphatic carbocycles. The van der Waals surface area contributed by atoms with E-state index in [4.69, 9.17) is 9.90 Å². The molecular weight excluding hydrogens is 158 g/mol. The molecule has 0 radical (unpaired) electrons. The molecule has 1 amide bonds. The number of carbonyl (C=O) groups excluding carboxylic acids is 1. The van der Waals surface area contributed by atoms with Gasteiger partial charge in [-0.25, -0.2) is 0 Å². The van der Waals surface area contributed by atoms with Crippen LogP contribution in [-0.4, -0.2) is 23.0 Å². The minimum absolute atomic E-state index is 0.123. The lowest BCUT2D eigenvalue weighted by molar-refractivity contribution is -0.123. The molecule has 0 atom stereocenters. The molecule has 0 bridgehead atoms. The monoisotopic (exact) mass is 173 g/mol. The maximum absolute atomic E-state index is 10.6. The number of nitrogens with one attached hydrogen (secondary N) is 1. The van der Waals surface area contributed by atoms with Gasteiger partial charge < -0.3 is 10.4 Å². The molecule has 0 fully saturated rings. The van der Waals surface area contributed by atoms with Gasteiger partial charge in [0, 0.05) is 5.54 Å². The lowest BCUT2D eigenvalue weighted by Gasteiger charge is -2.18. The minimum Gasteiger partial charge on any atom is -0.483 e. The first kappa shape index (κ1) is 13.3. The van der Waals surface area contributed by atoms with Gasteiger partial charge in [-0.15, -0.1) is 0 Å². The summed E-state index contributed by atoms with van der Waals surface area (Å²) in [6, 6.07) is 0. The summed E-state index contributed by atoms with van der Waals surface area (Å²) in [5.41, 5.74) is -0.148. The van der Waals surface area contributed by atoms with Gasteiger partial charge in [-0.1, -0.05) is 6.58 Å². The molecule has 2 N–H and O–H groups in total. The summed E-state index contributed by atoms with van der Waals surface area (Å²) in [7, 11) is 0. The molecule has 0 rings (SSSR count). The summed E-state index contributed by atoms with van der Waals surface area (Å²) in [6.07, 6.45) is 1.27. The van der Waals surface area contributed by atoms with Gasteiger partial charge in [-0.3, -0.25) is 9.59 Å².